The van der Waals surface area contributed by atoms with Gasteiger partial charge in [-0.2, -0.15) is 0 Å². The molecule has 5 nitrogen and oxygen atoms in total. The second kappa shape index (κ2) is 13.0. The summed E-state index contributed by atoms with van der Waals surface area (Å²) in [5.74, 6) is 1.78. The molecule has 11 rings (SSSR count). The molecule has 0 saturated carbocycles. The van der Waals surface area contributed by atoms with Crippen molar-refractivity contribution in [3.63, 3.8) is 0 Å². The topological polar surface area (TPSA) is 65.0 Å². The Morgan fingerprint density at radius 2 is 0.750 bits per heavy atom. The average Bonchev–Trinajstić information content (AvgIpc) is 3.85. The average molecular weight is 718 g/mol. The minimum atomic E-state index is 0.587. The van der Waals surface area contributed by atoms with E-state index in [0.29, 0.717) is 17.5 Å². The van der Waals surface area contributed by atoms with Gasteiger partial charge < -0.3 is 8.83 Å². The van der Waals surface area contributed by atoms with Crippen LogP contribution in [0.5, 0.6) is 0 Å². The van der Waals surface area contributed by atoms with Gasteiger partial charge in [0.15, 0.2) is 17.5 Å². The fourth-order valence-corrected chi connectivity index (χ4v) is 7.86. The standard InChI is InChI=1S/C51H31N3O2/c1-3-12-32(13-4-1)33-24-26-34(27-25-33)36-28-29-44-42(31-36)47-39(19-10-22-45(47)56-44)37-16-9-17-38(30-37)50-52-49(35-14-5-2-6-15-35)53-51(54-50)41-20-11-23-46-48(41)40-18-7-8-21-43(40)55-46/h1-31H. The van der Waals surface area contributed by atoms with Gasteiger partial charge in [-0.25, -0.2) is 15.0 Å². The molecular weight excluding hydrogens is 687 g/mol. The van der Waals surface area contributed by atoms with E-state index in [4.69, 9.17) is 23.8 Å². The molecular formula is C51H31N3O2. The zero-order valence-corrected chi connectivity index (χ0v) is 30.1. The van der Waals surface area contributed by atoms with Crippen LogP contribution < -0.4 is 0 Å². The van der Waals surface area contributed by atoms with Crippen molar-refractivity contribution in [1.29, 1.82) is 0 Å². The largest absolute Gasteiger partial charge is 0.456 e. The smallest absolute Gasteiger partial charge is 0.164 e. The monoisotopic (exact) mass is 717 g/mol. The third-order valence-corrected chi connectivity index (χ3v) is 10.6. The van der Waals surface area contributed by atoms with Gasteiger partial charge >= 0.3 is 0 Å². The molecule has 0 amide bonds. The summed E-state index contributed by atoms with van der Waals surface area (Å²) in [7, 11) is 0. The number of fused-ring (bicyclic) bond motifs is 6. The number of hydrogen-bond donors (Lipinski definition) is 0. The number of nitrogens with zero attached hydrogens (tertiary/aromatic N) is 3. The van der Waals surface area contributed by atoms with Crippen molar-refractivity contribution in [2.45, 2.75) is 0 Å². The Kier molecular flexibility index (Phi) is 7.42. The maximum Gasteiger partial charge on any atom is 0.164 e. The fourth-order valence-electron chi connectivity index (χ4n) is 7.86. The predicted octanol–water partition coefficient (Wildman–Crippen LogP) is 13.7. The Bertz CT molecular complexity index is 3240. The van der Waals surface area contributed by atoms with Crippen molar-refractivity contribution in [2.75, 3.05) is 0 Å². The van der Waals surface area contributed by atoms with E-state index >= 15 is 0 Å². The number of benzene rings is 8. The molecule has 0 atom stereocenters. The fraction of sp³-hybridized carbons (Fsp3) is 0. The van der Waals surface area contributed by atoms with Crippen LogP contribution in [0.4, 0.5) is 0 Å². The Balaban J connectivity index is 1.04. The molecule has 0 aliphatic rings. The van der Waals surface area contributed by atoms with Crippen LogP contribution in [-0.2, 0) is 0 Å². The molecule has 5 heteroatoms. The van der Waals surface area contributed by atoms with E-state index in [1.165, 1.54) is 11.1 Å². The first-order valence-electron chi connectivity index (χ1n) is 18.7. The minimum Gasteiger partial charge on any atom is -0.456 e. The molecule has 0 unspecified atom stereocenters. The molecule has 0 aliphatic heterocycles. The molecule has 3 aromatic heterocycles. The van der Waals surface area contributed by atoms with Crippen molar-refractivity contribution < 1.29 is 8.83 Å². The van der Waals surface area contributed by atoms with Gasteiger partial charge in [0.05, 0.1) is 0 Å². The minimum absolute atomic E-state index is 0.587. The van der Waals surface area contributed by atoms with E-state index in [2.05, 4.69) is 115 Å². The lowest BCUT2D eigenvalue weighted by molar-refractivity contribution is 0.668. The van der Waals surface area contributed by atoms with Crippen LogP contribution in [0, 0.1) is 0 Å². The number of rotatable bonds is 6. The SMILES string of the molecule is c1ccc(-c2ccc(-c3ccc4oc5cccc(-c6cccc(-c7nc(-c8ccccc8)nc(-c8cccc9oc%10ccccc%10c89)n7)c6)c5c4c3)cc2)cc1. The van der Waals surface area contributed by atoms with Gasteiger partial charge in [0, 0.05) is 38.2 Å². The highest BCUT2D eigenvalue weighted by atomic mass is 16.3. The van der Waals surface area contributed by atoms with E-state index in [9.17, 15) is 0 Å². The Morgan fingerprint density at radius 3 is 1.50 bits per heavy atom. The molecule has 8 aromatic carbocycles. The highest BCUT2D eigenvalue weighted by molar-refractivity contribution is 6.14. The molecule has 0 saturated heterocycles. The highest BCUT2D eigenvalue weighted by Gasteiger charge is 2.19. The summed E-state index contributed by atoms with van der Waals surface area (Å²) >= 11 is 0. The lowest BCUT2D eigenvalue weighted by atomic mass is 9.95. The first-order chi connectivity index (χ1) is 27.7. The van der Waals surface area contributed by atoms with Gasteiger partial charge in [0.2, 0.25) is 0 Å². The van der Waals surface area contributed by atoms with Crippen LogP contribution in [0.2, 0.25) is 0 Å². The van der Waals surface area contributed by atoms with Gasteiger partial charge in [0.25, 0.3) is 0 Å². The summed E-state index contributed by atoms with van der Waals surface area (Å²) < 4.78 is 12.7. The molecule has 0 aliphatic carbocycles. The molecule has 262 valence electrons. The molecule has 56 heavy (non-hydrogen) atoms. The molecule has 0 radical (unpaired) electrons. The van der Waals surface area contributed by atoms with Gasteiger partial charge in [-0.3, -0.25) is 0 Å². The maximum atomic E-state index is 6.45. The van der Waals surface area contributed by atoms with E-state index in [-0.39, 0.29) is 0 Å². The highest BCUT2D eigenvalue weighted by Crippen LogP contribution is 2.40. The van der Waals surface area contributed by atoms with E-state index in [1.807, 2.05) is 72.8 Å². The van der Waals surface area contributed by atoms with Crippen molar-refractivity contribution in [1.82, 2.24) is 15.0 Å². The summed E-state index contributed by atoms with van der Waals surface area (Å²) in [5.41, 5.74) is 12.8. The number of hydrogen-bond acceptors (Lipinski definition) is 5. The summed E-state index contributed by atoms with van der Waals surface area (Å²) in [6.45, 7) is 0. The first-order valence-corrected chi connectivity index (χ1v) is 18.7. The molecule has 11 aromatic rings. The molecule has 0 N–H and O–H groups in total. The lowest BCUT2D eigenvalue weighted by Crippen LogP contribution is -2.00. The molecule has 3 heterocycles. The van der Waals surface area contributed by atoms with Crippen LogP contribution in [-0.4, -0.2) is 15.0 Å². The third kappa shape index (κ3) is 5.45. The van der Waals surface area contributed by atoms with Crippen molar-refractivity contribution in [2.24, 2.45) is 0 Å². The normalized spacial score (nSPS) is 11.6. The van der Waals surface area contributed by atoms with E-state index in [0.717, 1.165) is 82.8 Å². The van der Waals surface area contributed by atoms with Crippen molar-refractivity contribution in [3.05, 3.63) is 188 Å². The second-order valence-corrected chi connectivity index (χ2v) is 14.0. The van der Waals surface area contributed by atoms with Crippen LogP contribution >= 0.6 is 0 Å². The second-order valence-electron chi connectivity index (χ2n) is 14.0. The maximum absolute atomic E-state index is 6.45. The first kappa shape index (κ1) is 31.9. The van der Waals surface area contributed by atoms with Crippen molar-refractivity contribution in [3.8, 4) is 67.5 Å². The van der Waals surface area contributed by atoms with Crippen LogP contribution in [0.3, 0.4) is 0 Å². The van der Waals surface area contributed by atoms with Gasteiger partial charge in [0.1, 0.15) is 22.3 Å². The molecule has 0 bridgehead atoms. The summed E-state index contributed by atoms with van der Waals surface area (Å²) in [6, 6.07) is 64.6. The molecule has 0 fully saturated rings. The predicted molar refractivity (Wildman–Crippen MR) is 227 cm³/mol. The third-order valence-electron chi connectivity index (χ3n) is 10.6. The number of para-hydroxylation sites is 1. The Morgan fingerprint density at radius 1 is 0.268 bits per heavy atom. The molecule has 0 spiro atoms. The van der Waals surface area contributed by atoms with E-state index < -0.39 is 0 Å². The van der Waals surface area contributed by atoms with E-state index in [1.54, 1.807) is 0 Å². The quantitative estimate of drug-likeness (QED) is 0.171. The lowest BCUT2D eigenvalue weighted by Gasteiger charge is -2.11. The zero-order chi connectivity index (χ0) is 37.0. The number of aromatic nitrogens is 3. The van der Waals surface area contributed by atoms with Crippen LogP contribution in [0.15, 0.2) is 197 Å². The Hall–Kier alpha value is -7.63. The zero-order valence-electron chi connectivity index (χ0n) is 30.1. The van der Waals surface area contributed by atoms with Gasteiger partial charge in [-0.15, -0.1) is 0 Å². The van der Waals surface area contributed by atoms with Crippen molar-refractivity contribution >= 4 is 43.9 Å². The van der Waals surface area contributed by atoms with Gasteiger partial charge in [-0.1, -0.05) is 152 Å². The van der Waals surface area contributed by atoms with Gasteiger partial charge in [-0.05, 0) is 69.8 Å². The van der Waals surface area contributed by atoms with Crippen LogP contribution in [0.1, 0.15) is 0 Å². The Labute approximate surface area is 322 Å². The summed E-state index contributed by atoms with van der Waals surface area (Å²) in [6.07, 6.45) is 0. The van der Waals surface area contributed by atoms with Crippen LogP contribution in [0.25, 0.3) is 111 Å². The number of furan rings is 2. The summed E-state index contributed by atoms with van der Waals surface area (Å²) in [4.78, 5) is 15.3. The summed E-state index contributed by atoms with van der Waals surface area (Å²) in [5, 5.41) is 4.15.